The van der Waals surface area contributed by atoms with Gasteiger partial charge in [0.25, 0.3) is 0 Å². The maximum atomic E-state index is 9.38. The van der Waals surface area contributed by atoms with E-state index in [1.807, 2.05) is 42.5 Å². The summed E-state index contributed by atoms with van der Waals surface area (Å²) in [5, 5.41) is 15.9. The van der Waals surface area contributed by atoms with Crippen LogP contribution in [0.15, 0.2) is 59.7 Å². The number of hydrazone groups is 1. The van der Waals surface area contributed by atoms with Gasteiger partial charge in [-0.05, 0) is 47.6 Å². The SMILES string of the molecule is NC(=S)N1N=C(c2ccc(O)cc2)C[C@H]1c1ccccc1. The molecule has 1 aliphatic heterocycles. The van der Waals surface area contributed by atoms with Crippen LogP contribution < -0.4 is 5.73 Å². The number of nitrogens with two attached hydrogens (primary N) is 1. The minimum atomic E-state index is 0.0208. The van der Waals surface area contributed by atoms with E-state index in [4.69, 9.17) is 18.0 Å². The summed E-state index contributed by atoms with van der Waals surface area (Å²) in [4.78, 5) is 0. The van der Waals surface area contributed by atoms with Gasteiger partial charge in [-0.1, -0.05) is 30.3 Å². The number of phenols is 1. The molecule has 0 radical (unpaired) electrons. The van der Waals surface area contributed by atoms with E-state index >= 15 is 0 Å². The van der Waals surface area contributed by atoms with E-state index in [1.165, 1.54) is 0 Å². The Morgan fingerprint density at radius 3 is 2.43 bits per heavy atom. The Morgan fingerprint density at radius 2 is 1.81 bits per heavy atom. The van der Waals surface area contributed by atoms with Gasteiger partial charge in [-0.25, -0.2) is 5.01 Å². The summed E-state index contributed by atoms with van der Waals surface area (Å²) in [6.07, 6.45) is 0.728. The van der Waals surface area contributed by atoms with Crippen LogP contribution in [0.5, 0.6) is 5.75 Å². The summed E-state index contributed by atoms with van der Waals surface area (Å²) in [6.45, 7) is 0. The molecule has 0 bridgehead atoms. The number of benzene rings is 2. The molecule has 5 heteroatoms. The van der Waals surface area contributed by atoms with Gasteiger partial charge in [0.1, 0.15) is 5.75 Å². The van der Waals surface area contributed by atoms with E-state index in [9.17, 15) is 5.11 Å². The van der Waals surface area contributed by atoms with Gasteiger partial charge in [-0.15, -0.1) is 0 Å². The number of thiocarbonyl (C=S) groups is 1. The highest BCUT2D eigenvalue weighted by Gasteiger charge is 2.30. The molecule has 1 heterocycles. The first-order chi connectivity index (χ1) is 10.1. The van der Waals surface area contributed by atoms with Crippen molar-refractivity contribution in [3.8, 4) is 5.75 Å². The molecule has 2 aromatic rings. The van der Waals surface area contributed by atoms with Crippen LogP contribution in [0, 0.1) is 0 Å². The Labute approximate surface area is 128 Å². The average Bonchev–Trinajstić information content (AvgIpc) is 2.94. The summed E-state index contributed by atoms with van der Waals surface area (Å²) in [5.74, 6) is 0.239. The molecule has 0 unspecified atom stereocenters. The molecule has 0 aliphatic carbocycles. The fourth-order valence-corrected chi connectivity index (χ4v) is 2.64. The molecule has 0 saturated heterocycles. The van der Waals surface area contributed by atoms with Crippen LogP contribution in [0.25, 0.3) is 0 Å². The normalized spacial score (nSPS) is 17.6. The molecule has 0 fully saturated rings. The van der Waals surface area contributed by atoms with Crippen molar-refractivity contribution in [1.29, 1.82) is 0 Å². The second-order valence-corrected chi connectivity index (χ2v) is 5.33. The molecule has 4 nitrogen and oxygen atoms in total. The largest absolute Gasteiger partial charge is 0.508 e. The van der Waals surface area contributed by atoms with Crippen LogP contribution in [-0.2, 0) is 0 Å². The van der Waals surface area contributed by atoms with Crippen molar-refractivity contribution in [3.05, 3.63) is 65.7 Å². The van der Waals surface area contributed by atoms with E-state index in [1.54, 1.807) is 17.1 Å². The predicted octanol–water partition coefficient (Wildman–Crippen LogP) is 2.79. The molecule has 1 atom stereocenters. The van der Waals surface area contributed by atoms with E-state index in [0.717, 1.165) is 23.3 Å². The van der Waals surface area contributed by atoms with Crippen LogP contribution >= 0.6 is 12.2 Å². The standard InChI is InChI=1S/C16H15N3OS/c17-16(21)19-15(12-4-2-1-3-5-12)10-14(18-19)11-6-8-13(20)9-7-11/h1-9,15,20H,10H2,(H2,17,21)/t15-/m0/s1. The molecule has 2 aromatic carbocycles. The van der Waals surface area contributed by atoms with E-state index in [0.29, 0.717) is 0 Å². The molecule has 3 rings (SSSR count). The van der Waals surface area contributed by atoms with E-state index < -0.39 is 0 Å². The lowest BCUT2D eigenvalue weighted by molar-refractivity contribution is 0.373. The first kappa shape index (κ1) is 13.6. The molecule has 0 saturated carbocycles. The monoisotopic (exact) mass is 297 g/mol. The van der Waals surface area contributed by atoms with Crippen molar-refractivity contribution < 1.29 is 5.11 Å². The number of hydrogen-bond donors (Lipinski definition) is 2. The summed E-state index contributed by atoms with van der Waals surface area (Å²) in [7, 11) is 0. The van der Waals surface area contributed by atoms with Gasteiger partial charge in [-0.3, -0.25) is 0 Å². The molecule has 0 amide bonds. The van der Waals surface area contributed by atoms with E-state index in [-0.39, 0.29) is 16.9 Å². The summed E-state index contributed by atoms with van der Waals surface area (Å²) in [6, 6.07) is 17.1. The van der Waals surface area contributed by atoms with Gasteiger partial charge in [0.15, 0.2) is 5.11 Å². The third-order valence-corrected chi connectivity index (χ3v) is 3.71. The lowest BCUT2D eigenvalue weighted by Crippen LogP contribution is -2.31. The zero-order chi connectivity index (χ0) is 14.8. The van der Waals surface area contributed by atoms with Gasteiger partial charge < -0.3 is 10.8 Å². The fraction of sp³-hybridized carbons (Fsp3) is 0.125. The Balaban J connectivity index is 1.93. The van der Waals surface area contributed by atoms with Crippen LogP contribution in [0.3, 0.4) is 0 Å². The quantitative estimate of drug-likeness (QED) is 0.837. The van der Waals surface area contributed by atoms with Crippen molar-refractivity contribution in [1.82, 2.24) is 5.01 Å². The number of nitrogens with zero attached hydrogens (tertiary/aromatic N) is 2. The minimum Gasteiger partial charge on any atom is -0.508 e. The number of hydrogen-bond acceptors (Lipinski definition) is 3. The highest BCUT2D eigenvalue weighted by Crippen LogP contribution is 2.32. The van der Waals surface area contributed by atoms with Crippen molar-refractivity contribution >= 4 is 23.0 Å². The lowest BCUT2D eigenvalue weighted by atomic mass is 9.98. The minimum absolute atomic E-state index is 0.0208. The average molecular weight is 297 g/mol. The van der Waals surface area contributed by atoms with Crippen molar-refractivity contribution in [3.63, 3.8) is 0 Å². The number of rotatable bonds is 2. The van der Waals surface area contributed by atoms with Gasteiger partial charge in [0, 0.05) is 6.42 Å². The molecule has 3 N–H and O–H groups in total. The maximum Gasteiger partial charge on any atom is 0.187 e. The molecule has 0 spiro atoms. The first-order valence-electron chi connectivity index (χ1n) is 6.65. The summed E-state index contributed by atoms with van der Waals surface area (Å²) in [5.41, 5.74) is 8.81. The van der Waals surface area contributed by atoms with Crippen molar-refractivity contribution in [2.75, 3.05) is 0 Å². The highest BCUT2D eigenvalue weighted by atomic mass is 32.1. The Morgan fingerprint density at radius 1 is 1.14 bits per heavy atom. The molecule has 1 aliphatic rings. The smallest absolute Gasteiger partial charge is 0.187 e. The highest BCUT2D eigenvalue weighted by molar-refractivity contribution is 7.80. The second kappa shape index (κ2) is 5.54. The third kappa shape index (κ3) is 2.73. The first-order valence-corrected chi connectivity index (χ1v) is 7.06. The van der Waals surface area contributed by atoms with Gasteiger partial charge in [-0.2, -0.15) is 5.10 Å². The van der Waals surface area contributed by atoms with Crippen molar-refractivity contribution in [2.24, 2.45) is 10.8 Å². The molecule has 21 heavy (non-hydrogen) atoms. The van der Waals surface area contributed by atoms with Crippen molar-refractivity contribution in [2.45, 2.75) is 12.5 Å². The van der Waals surface area contributed by atoms with Crippen LogP contribution in [0.4, 0.5) is 0 Å². The number of phenolic OH excluding ortho intramolecular Hbond substituents is 1. The van der Waals surface area contributed by atoms with Crippen LogP contribution in [-0.4, -0.2) is 20.9 Å². The van der Waals surface area contributed by atoms with Gasteiger partial charge >= 0.3 is 0 Å². The van der Waals surface area contributed by atoms with E-state index in [2.05, 4.69) is 5.10 Å². The number of aromatic hydroxyl groups is 1. The zero-order valence-corrected chi connectivity index (χ0v) is 12.1. The Hall–Kier alpha value is -2.40. The van der Waals surface area contributed by atoms with Gasteiger partial charge in [0.05, 0.1) is 11.8 Å². The van der Waals surface area contributed by atoms with Crippen LogP contribution in [0.1, 0.15) is 23.6 Å². The molecule has 106 valence electrons. The molecular formula is C16H15N3OS. The molecule has 0 aromatic heterocycles. The summed E-state index contributed by atoms with van der Waals surface area (Å²) < 4.78 is 0. The Kier molecular flexibility index (Phi) is 3.58. The fourth-order valence-electron chi connectivity index (χ4n) is 2.48. The third-order valence-electron chi connectivity index (χ3n) is 3.52. The second-order valence-electron chi connectivity index (χ2n) is 4.91. The Bertz CT molecular complexity index is 682. The zero-order valence-electron chi connectivity index (χ0n) is 11.3. The van der Waals surface area contributed by atoms with Crippen LogP contribution in [0.2, 0.25) is 0 Å². The maximum absolute atomic E-state index is 9.38. The van der Waals surface area contributed by atoms with Gasteiger partial charge in [0.2, 0.25) is 0 Å². The molecular weight excluding hydrogens is 282 g/mol. The lowest BCUT2D eigenvalue weighted by Gasteiger charge is -2.21. The predicted molar refractivity (Wildman–Crippen MR) is 87.1 cm³/mol. The topological polar surface area (TPSA) is 61.8 Å². The summed E-state index contributed by atoms with van der Waals surface area (Å²) >= 11 is 5.11.